The van der Waals surface area contributed by atoms with Gasteiger partial charge in [-0.3, -0.25) is 14.9 Å². The lowest BCUT2D eigenvalue weighted by Gasteiger charge is -2.35. The van der Waals surface area contributed by atoms with E-state index in [4.69, 9.17) is 4.74 Å². The number of rotatable bonds is 9. The molecular formula is C20H28N2O5S. The molecule has 0 saturated carbocycles. The number of thioether (sulfide) groups is 1. The van der Waals surface area contributed by atoms with Crippen molar-refractivity contribution in [3.63, 3.8) is 0 Å². The molecule has 154 valence electrons. The van der Waals surface area contributed by atoms with Crippen LogP contribution in [0.1, 0.15) is 25.8 Å². The maximum absolute atomic E-state index is 12.8. The first-order chi connectivity index (χ1) is 13.4. The smallest absolute Gasteiger partial charge is 0.327 e. The van der Waals surface area contributed by atoms with E-state index < -0.39 is 30.1 Å². The lowest BCUT2D eigenvalue weighted by atomic mass is 10.0. The van der Waals surface area contributed by atoms with Gasteiger partial charge in [-0.15, -0.1) is 0 Å². The molecule has 0 bridgehead atoms. The first-order valence-corrected chi connectivity index (χ1v) is 10.7. The maximum atomic E-state index is 12.8. The molecule has 7 nitrogen and oxygen atoms in total. The quantitative estimate of drug-likeness (QED) is 0.599. The number of benzene rings is 1. The van der Waals surface area contributed by atoms with E-state index in [9.17, 15) is 19.5 Å². The number of amides is 1. The summed E-state index contributed by atoms with van der Waals surface area (Å²) in [5.41, 5.74) is 1.09. The van der Waals surface area contributed by atoms with Gasteiger partial charge in [-0.1, -0.05) is 30.3 Å². The van der Waals surface area contributed by atoms with Crippen molar-refractivity contribution in [1.29, 1.82) is 0 Å². The number of ether oxygens (including phenoxy) is 1. The highest BCUT2D eigenvalue weighted by Crippen LogP contribution is 2.18. The number of hydrogen-bond acceptors (Lipinski definition) is 6. The van der Waals surface area contributed by atoms with E-state index in [2.05, 4.69) is 5.32 Å². The number of nitrogens with zero attached hydrogens (tertiary/aromatic N) is 1. The summed E-state index contributed by atoms with van der Waals surface area (Å²) < 4.78 is 5.15. The fourth-order valence-electron chi connectivity index (χ4n) is 3.16. The van der Waals surface area contributed by atoms with Crippen molar-refractivity contribution >= 4 is 29.6 Å². The van der Waals surface area contributed by atoms with Crippen LogP contribution in [-0.2, 0) is 25.5 Å². The Kier molecular flexibility index (Phi) is 8.79. The van der Waals surface area contributed by atoms with Crippen LogP contribution in [0.15, 0.2) is 30.3 Å². The Morgan fingerprint density at radius 2 is 2.04 bits per heavy atom. The predicted molar refractivity (Wildman–Crippen MR) is 108 cm³/mol. The van der Waals surface area contributed by atoms with Gasteiger partial charge in [-0.2, -0.15) is 11.8 Å². The van der Waals surface area contributed by atoms with E-state index in [1.807, 2.05) is 30.3 Å². The van der Waals surface area contributed by atoms with Crippen LogP contribution in [0.25, 0.3) is 0 Å². The summed E-state index contributed by atoms with van der Waals surface area (Å²) >= 11 is 1.53. The Morgan fingerprint density at radius 1 is 1.32 bits per heavy atom. The molecule has 8 heteroatoms. The van der Waals surface area contributed by atoms with Crippen LogP contribution in [-0.4, -0.2) is 70.6 Å². The van der Waals surface area contributed by atoms with E-state index >= 15 is 0 Å². The molecule has 1 heterocycles. The first kappa shape index (κ1) is 22.2. The molecule has 2 unspecified atom stereocenters. The van der Waals surface area contributed by atoms with Gasteiger partial charge in [0, 0.05) is 18.1 Å². The molecule has 2 N–H and O–H groups in total. The van der Waals surface area contributed by atoms with Crippen molar-refractivity contribution in [3.05, 3.63) is 35.9 Å². The number of aliphatic carboxylic acids is 1. The fourth-order valence-corrected chi connectivity index (χ4v) is 4.20. The van der Waals surface area contributed by atoms with Gasteiger partial charge in [0.2, 0.25) is 5.91 Å². The Bertz CT molecular complexity index is 670. The summed E-state index contributed by atoms with van der Waals surface area (Å²) in [6.07, 6.45) is 1.15. The number of hydrogen-bond donors (Lipinski definition) is 2. The summed E-state index contributed by atoms with van der Waals surface area (Å²) in [4.78, 5) is 38.1. The summed E-state index contributed by atoms with van der Waals surface area (Å²) in [5.74, 6) is -0.622. The number of carbonyl (C=O) groups excluding carboxylic acids is 2. The second kappa shape index (κ2) is 11.1. The van der Waals surface area contributed by atoms with Crippen LogP contribution in [0.4, 0.5) is 0 Å². The Hall–Kier alpha value is -2.06. The molecule has 0 aliphatic carbocycles. The van der Waals surface area contributed by atoms with Crippen molar-refractivity contribution in [3.8, 4) is 0 Å². The summed E-state index contributed by atoms with van der Waals surface area (Å²) in [7, 11) is 0. The molecule has 2 rings (SSSR count). The average molecular weight is 409 g/mol. The standard InChI is InChI=1S/C20H28N2O5S/c1-3-27-20(26)16(10-9-15-7-5-4-6-8-15)21-14(2)18(23)22-11-12-28-13-17(22)19(24)25/h4-8,14,16-17,21H,3,9-13H2,1-2H3,(H,24,25)/t14-,16?,17?/m0/s1. The Labute approximate surface area is 169 Å². The van der Waals surface area contributed by atoms with Gasteiger partial charge < -0.3 is 14.7 Å². The van der Waals surface area contributed by atoms with Crippen molar-refractivity contribution in [2.24, 2.45) is 0 Å². The molecule has 0 aromatic heterocycles. The third-order valence-corrected chi connectivity index (χ3v) is 5.68. The van der Waals surface area contributed by atoms with Gasteiger partial charge in [0.05, 0.1) is 12.6 Å². The number of nitrogens with one attached hydrogen (secondary N) is 1. The van der Waals surface area contributed by atoms with E-state index in [1.165, 1.54) is 16.7 Å². The largest absolute Gasteiger partial charge is 0.480 e. The van der Waals surface area contributed by atoms with Crippen LogP contribution in [0.2, 0.25) is 0 Å². The molecule has 1 fully saturated rings. The van der Waals surface area contributed by atoms with E-state index in [-0.39, 0.29) is 12.5 Å². The molecule has 0 radical (unpaired) electrons. The first-order valence-electron chi connectivity index (χ1n) is 9.51. The molecule has 1 aliphatic heterocycles. The molecular weight excluding hydrogens is 380 g/mol. The molecule has 1 aliphatic rings. The predicted octanol–water partition coefficient (Wildman–Crippen LogP) is 1.56. The van der Waals surface area contributed by atoms with Gasteiger partial charge in [0.15, 0.2) is 0 Å². The van der Waals surface area contributed by atoms with Gasteiger partial charge in [-0.05, 0) is 32.3 Å². The second-order valence-electron chi connectivity index (χ2n) is 6.68. The van der Waals surface area contributed by atoms with Crippen LogP contribution in [0.3, 0.4) is 0 Å². The SMILES string of the molecule is CCOC(=O)C(CCc1ccccc1)N[C@@H](C)C(=O)N1CCSCC1C(=O)O. The Balaban J connectivity index is 2.03. The van der Waals surface area contributed by atoms with Crippen molar-refractivity contribution < 1.29 is 24.2 Å². The van der Waals surface area contributed by atoms with Crippen LogP contribution in [0, 0.1) is 0 Å². The molecule has 1 amide bonds. The zero-order valence-electron chi connectivity index (χ0n) is 16.3. The highest BCUT2D eigenvalue weighted by Gasteiger charge is 2.35. The third kappa shape index (κ3) is 6.24. The average Bonchev–Trinajstić information content (AvgIpc) is 2.71. The molecule has 1 aromatic carbocycles. The minimum atomic E-state index is -1.00. The zero-order valence-corrected chi connectivity index (χ0v) is 17.1. The number of carboxylic acid groups (broad SMARTS) is 1. The highest BCUT2D eigenvalue weighted by atomic mass is 32.2. The molecule has 28 heavy (non-hydrogen) atoms. The van der Waals surface area contributed by atoms with Crippen LogP contribution in [0.5, 0.6) is 0 Å². The van der Waals surface area contributed by atoms with Gasteiger partial charge >= 0.3 is 11.9 Å². The van der Waals surface area contributed by atoms with Gasteiger partial charge in [0.25, 0.3) is 0 Å². The molecule has 3 atom stereocenters. The van der Waals surface area contributed by atoms with Crippen molar-refractivity contribution in [2.45, 2.75) is 44.8 Å². The van der Waals surface area contributed by atoms with Crippen LogP contribution >= 0.6 is 11.8 Å². The fraction of sp³-hybridized carbons (Fsp3) is 0.550. The van der Waals surface area contributed by atoms with E-state index in [0.717, 1.165) is 5.56 Å². The van der Waals surface area contributed by atoms with Crippen LogP contribution < -0.4 is 5.32 Å². The lowest BCUT2D eigenvalue weighted by molar-refractivity contribution is -0.151. The summed E-state index contributed by atoms with van der Waals surface area (Å²) in [6.45, 7) is 4.05. The lowest BCUT2D eigenvalue weighted by Crippen LogP contribution is -2.57. The number of esters is 1. The minimum Gasteiger partial charge on any atom is -0.480 e. The normalized spacial score (nSPS) is 18.9. The number of carboxylic acids is 1. The zero-order chi connectivity index (χ0) is 20.5. The summed E-state index contributed by atoms with van der Waals surface area (Å²) in [5, 5.41) is 12.5. The van der Waals surface area contributed by atoms with Crippen molar-refractivity contribution in [2.75, 3.05) is 24.7 Å². The Morgan fingerprint density at radius 3 is 2.68 bits per heavy atom. The van der Waals surface area contributed by atoms with E-state index in [1.54, 1.807) is 13.8 Å². The topological polar surface area (TPSA) is 95.9 Å². The third-order valence-electron chi connectivity index (χ3n) is 4.65. The monoisotopic (exact) mass is 408 g/mol. The van der Waals surface area contributed by atoms with Gasteiger partial charge in [-0.25, -0.2) is 4.79 Å². The van der Waals surface area contributed by atoms with Gasteiger partial charge in [0.1, 0.15) is 12.1 Å². The van der Waals surface area contributed by atoms with Crippen molar-refractivity contribution in [1.82, 2.24) is 10.2 Å². The minimum absolute atomic E-state index is 0.259. The second-order valence-corrected chi connectivity index (χ2v) is 7.83. The molecule has 1 aromatic rings. The highest BCUT2D eigenvalue weighted by molar-refractivity contribution is 7.99. The maximum Gasteiger partial charge on any atom is 0.327 e. The molecule has 1 saturated heterocycles. The summed E-state index contributed by atoms with van der Waals surface area (Å²) in [6, 6.07) is 7.63. The molecule has 0 spiro atoms. The number of carbonyl (C=O) groups is 3. The number of aryl methyl sites for hydroxylation is 1. The van der Waals surface area contributed by atoms with E-state index in [0.29, 0.717) is 30.9 Å².